The van der Waals surface area contributed by atoms with Crippen LogP contribution in [0.5, 0.6) is 0 Å². The first-order chi connectivity index (χ1) is 6.21. The van der Waals surface area contributed by atoms with Gasteiger partial charge in [0.25, 0.3) is 0 Å². The van der Waals surface area contributed by atoms with E-state index in [9.17, 15) is 11.7 Å². The molecule has 0 aromatic carbocycles. The highest BCUT2D eigenvalue weighted by Gasteiger charge is 2.61. The fraction of sp³-hybridized carbons (Fsp3) is 1.00. The third-order valence-electron chi connectivity index (χ3n) is 1.74. The van der Waals surface area contributed by atoms with Crippen LogP contribution in [0.4, 0.5) is 11.7 Å². The van der Waals surface area contributed by atoms with Crippen molar-refractivity contribution in [3.8, 4) is 0 Å². The fourth-order valence-electron chi connectivity index (χ4n) is 0.740. The van der Waals surface area contributed by atoms with E-state index in [-0.39, 0.29) is 13.2 Å². The van der Waals surface area contributed by atoms with E-state index in [0.717, 1.165) is 0 Å². The Hall–Kier alpha value is 0.370. The van der Waals surface area contributed by atoms with Gasteiger partial charge in [0, 0.05) is 25.2 Å². The van der Waals surface area contributed by atoms with E-state index in [1.165, 1.54) is 14.2 Å². The van der Waals surface area contributed by atoms with Gasteiger partial charge >= 0.3 is 0 Å². The van der Waals surface area contributed by atoms with E-state index in [1.807, 2.05) is 0 Å². The molecule has 2 N–H and O–H groups in total. The Morgan fingerprint density at radius 1 is 1.07 bits per heavy atom. The smallest absolute Gasteiger partial charge is 0.106 e. The summed E-state index contributed by atoms with van der Waals surface area (Å²) in [6.07, 6.45) is 0. The van der Waals surface area contributed by atoms with Crippen molar-refractivity contribution < 1.29 is 21.1 Å². The van der Waals surface area contributed by atoms with Crippen LogP contribution in [0, 0.1) is 0 Å². The average molecular weight is 255 g/mol. The van der Waals surface area contributed by atoms with Crippen LogP contribution in [0.25, 0.3) is 0 Å². The lowest BCUT2D eigenvalue weighted by molar-refractivity contribution is 0.207. The maximum atomic E-state index is 13.7. The molecule has 3 nitrogen and oxygen atoms in total. The first-order valence-electron chi connectivity index (χ1n) is 3.84. The van der Waals surface area contributed by atoms with Crippen LogP contribution in [0.15, 0.2) is 0 Å². The van der Waals surface area contributed by atoms with E-state index >= 15 is 0 Å². The van der Waals surface area contributed by atoms with Crippen molar-refractivity contribution in [1.82, 2.24) is 0 Å². The predicted octanol–water partition coefficient (Wildman–Crippen LogP) is 2.33. The number of hydrogen-bond donors (Lipinski definition) is 1. The quantitative estimate of drug-likeness (QED) is 0.560. The van der Waals surface area contributed by atoms with Gasteiger partial charge in [-0.2, -0.15) is 0 Å². The van der Waals surface area contributed by atoms with E-state index in [1.54, 1.807) is 0 Å². The molecule has 14 heavy (non-hydrogen) atoms. The zero-order valence-corrected chi connectivity index (χ0v) is 9.81. The largest absolute Gasteiger partial charge is 0.384 e. The second-order valence-electron chi connectivity index (χ2n) is 2.95. The summed E-state index contributed by atoms with van der Waals surface area (Å²) in [4.78, 5) is 0. The van der Waals surface area contributed by atoms with E-state index < -0.39 is 31.0 Å². The second-order valence-corrected chi connectivity index (χ2v) is 10.00. The van der Waals surface area contributed by atoms with E-state index in [2.05, 4.69) is 9.47 Å². The number of hydrogen-bond acceptors (Lipinski definition) is 4. The molecule has 0 amide bonds. The average Bonchev–Trinajstić information content (AvgIpc) is 2.13. The molecule has 90 valence electrons. The van der Waals surface area contributed by atoms with Crippen molar-refractivity contribution in [2.24, 2.45) is 5.14 Å². The second kappa shape index (κ2) is 4.09. The van der Waals surface area contributed by atoms with Crippen LogP contribution in [0.3, 0.4) is 0 Å². The highest BCUT2D eigenvalue weighted by atomic mass is 33.3. The summed E-state index contributed by atoms with van der Waals surface area (Å²) in [7, 11) is -4.75. The molecule has 0 aliphatic heterocycles. The topological polar surface area (TPSA) is 44.5 Å². The lowest BCUT2D eigenvalue weighted by atomic mass is 10.8. The predicted molar refractivity (Wildman–Crippen MR) is 56.2 cm³/mol. The fourth-order valence-corrected chi connectivity index (χ4v) is 3.21. The summed E-state index contributed by atoms with van der Waals surface area (Å²) >= 11 is 0. The zero-order valence-electron chi connectivity index (χ0n) is 8.17. The van der Waals surface area contributed by atoms with Crippen LogP contribution in [0.1, 0.15) is 0 Å². The van der Waals surface area contributed by atoms with Gasteiger partial charge in [0.05, 0.1) is 24.7 Å². The van der Waals surface area contributed by atoms with Gasteiger partial charge in [0.1, 0.15) is 8.48 Å². The number of halogens is 3. The van der Waals surface area contributed by atoms with Gasteiger partial charge in [0.15, 0.2) is 0 Å². The molecule has 0 radical (unpaired) electrons. The maximum Gasteiger partial charge on any atom is 0.106 e. The van der Waals surface area contributed by atoms with Gasteiger partial charge in [-0.3, -0.25) is 5.14 Å². The Bertz CT molecular complexity index is 192. The number of methoxy groups -OCH3 is 2. The van der Waals surface area contributed by atoms with Crippen molar-refractivity contribution >= 4 is 19.5 Å². The van der Waals surface area contributed by atoms with Crippen molar-refractivity contribution in [2.45, 2.75) is 0 Å². The third kappa shape index (κ3) is 4.26. The third-order valence-corrected chi connectivity index (χ3v) is 6.87. The van der Waals surface area contributed by atoms with Gasteiger partial charge in [-0.25, -0.2) is 0 Å². The Morgan fingerprint density at radius 3 is 1.64 bits per heavy atom. The summed E-state index contributed by atoms with van der Waals surface area (Å²) in [5.41, 5.74) is 0. The molecule has 0 aromatic heterocycles. The molecule has 0 rings (SSSR count). The molecule has 0 bridgehead atoms. The molecule has 0 fully saturated rings. The summed E-state index contributed by atoms with van der Waals surface area (Å²) in [6, 6.07) is 0. The Balaban J connectivity index is 4.65. The van der Waals surface area contributed by atoms with Crippen LogP contribution in [-0.4, -0.2) is 38.9 Å². The lowest BCUT2D eigenvalue weighted by Crippen LogP contribution is -2.30. The Morgan fingerprint density at radius 2 is 1.43 bits per heavy atom. The zero-order chi connectivity index (χ0) is 11.4. The van der Waals surface area contributed by atoms with Crippen LogP contribution < -0.4 is 5.14 Å². The lowest BCUT2D eigenvalue weighted by Gasteiger charge is -2.55. The minimum atomic E-state index is -6.73. The molecule has 0 unspecified atom stereocenters. The number of ether oxygens (including phenoxy) is 2. The van der Waals surface area contributed by atoms with Crippen molar-refractivity contribution in [3.05, 3.63) is 0 Å². The highest BCUT2D eigenvalue weighted by molar-refractivity contribution is 9.06. The normalized spacial score (nSPS) is 17.6. The molecule has 0 saturated carbocycles. The van der Waals surface area contributed by atoms with Gasteiger partial charge in [-0.15, -0.1) is 11.7 Å². The Labute approximate surface area is 85.2 Å². The minimum absolute atomic E-state index is 0.362. The molecular formula is C6H16F3NO2S2. The van der Waals surface area contributed by atoms with Crippen LogP contribution in [0.2, 0.25) is 0 Å². The molecule has 0 atom stereocenters. The summed E-state index contributed by atoms with van der Waals surface area (Å²) in [6.45, 7) is -0.724. The standard InChI is InChI=1S/C6H16F3NO2S2/c1-11-3-5-14(7,8,9,13-10)6-4-12-2/h3-6,10H2,1-2H3. The van der Waals surface area contributed by atoms with Crippen molar-refractivity contribution in [1.29, 1.82) is 0 Å². The van der Waals surface area contributed by atoms with Gasteiger partial charge in [0.2, 0.25) is 0 Å². The summed E-state index contributed by atoms with van der Waals surface area (Å²) in [5.74, 6) is -1.97. The molecule has 0 aromatic rings. The molecule has 0 heterocycles. The first kappa shape index (κ1) is 14.4. The minimum Gasteiger partial charge on any atom is -0.384 e. The van der Waals surface area contributed by atoms with Gasteiger partial charge in [-0.1, -0.05) is 0 Å². The van der Waals surface area contributed by atoms with Gasteiger partial charge in [-0.05, 0) is 0 Å². The molecule has 0 saturated heterocycles. The number of nitrogens with two attached hydrogens (primary N) is 1. The Kier molecular flexibility index (Phi) is 4.20. The van der Waals surface area contributed by atoms with Crippen molar-refractivity contribution in [3.63, 3.8) is 0 Å². The summed E-state index contributed by atoms with van der Waals surface area (Å²) in [5, 5.41) is 4.79. The van der Waals surface area contributed by atoms with Crippen LogP contribution >= 0.6 is 19.5 Å². The first-order valence-corrected chi connectivity index (χ1v) is 7.72. The molecule has 0 aliphatic carbocycles. The molecule has 0 aliphatic rings. The monoisotopic (exact) mass is 255 g/mol. The summed E-state index contributed by atoms with van der Waals surface area (Å²) < 4.78 is 50.1. The van der Waals surface area contributed by atoms with Crippen molar-refractivity contribution in [2.75, 3.05) is 38.9 Å². The number of rotatable bonds is 7. The maximum absolute atomic E-state index is 13.7. The molecule has 8 heteroatoms. The van der Waals surface area contributed by atoms with E-state index in [0.29, 0.717) is 0 Å². The van der Waals surface area contributed by atoms with Gasteiger partial charge < -0.3 is 9.47 Å². The highest BCUT2D eigenvalue weighted by Crippen LogP contribution is 3.00. The van der Waals surface area contributed by atoms with E-state index in [4.69, 9.17) is 5.14 Å². The van der Waals surface area contributed by atoms with Crippen LogP contribution in [-0.2, 0) is 9.47 Å². The molecular weight excluding hydrogens is 239 g/mol. The molecule has 0 spiro atoms. The SMILES string of the molecule is COCCS(F)(F)(F)(CCOC)SN.